The first-order chi connectivity index (χ1) is 22.2. The number of rotatable bonds is 32. The summed E-state index contributed by atoms with van der Waals surface area (Å²) in [6.45, 7) is 6.94. The second-order valence-electron chi connectivity index (χ2n) is 15.2. The highest BCUT2D eigenvalue weighted by atomic mass is 16.8. The molecule has 2 nitrogen and oxygen atoms in total. The summed E-state index contributed by atoms with van der Waals surface area (Å²) in [4.78, 5) is 0. The van der Waals surface area contributed by atoms with E-state index in [4.69, 9.17) is 9.47 Å². The van der Waals surface area contributed by atoms with Gasteiger partial charge in [-0.1, -0.05) is 180 Å². The zero-order valence-corrected chi connectivity index (χ0v) is 31.0. The minimum Gasteiger partial charge on any atom is -0.344 e. The Balaban J connectivity index is 1.46. The quantitative estimate of drug-likeness (QED) is 0.0545. The van der Waals surface area contributed by atoms with Crippen molar-refractivity contribution in [3.8, 4) is 0 Å². The van der Waals surface area contributed by atoms with Crippen molar-refractivity contribution in [1.29, 1.82) is 0 Å². The van der Waals surface area contributed by atoms with Gasteiger partial charge < -0.3 is 9.47 Å². The summed E-state index contributed by atoms with van der Waals surface area (Å²) in [7, 11) is 0. The maximum Gasteiger partial charge on any atom is 0.169 e. The maximum atomic E-state index is 6.76. The minimum atomic E-state index is -0.263. The fourth-order valence-electron chi connectivity index (χ4n) is 7.71. The predicted molar refractivity (Wildman–Crippen MR) is 199 cm³/mol. The molecule has 45 heavy (non-hydrogen) atoms. The Hall–Kier alpha value is -0.600. The molecule has 4 atom stereocenters. The average molecular weight is 629 g/mol. The first-order valence-corrected chi connectivity index (χ1v) is 20.8. The molecule has 1 saturated carbocycles. The highest BCUT2D eigenvalue weighted by molar-refractivity contribution is 4.93. The van der Waals surface area contributed by atoms with Crippen LogP contribution in [-0.4, -0.2) is 18.0 Å². The zero-order valence-electron chi connectivity index (χ0n) is 31.0. The standard InChI is InChI=1S/C43H80O2/c1-4-6-8-10-12-14-16-18-20-22-24-26-28-30-32-34-36-43(44-41-38-40(3)39-42(41)45-43)37-35-33-31-29-27-25-23-21-19-17-15-13-11-9-7-5-2/h12,14,18,20,40-42H,4-11,13,15-17,19,21-39H2,1-3H3/b14-12-,20-18-/t40?,41-,42+,43?. The van der Waals surface area contributed by atoms with E-state index in [1.807, 2.05) is 0 Å². The maximum absolute atomic E-state index is 6.76. The van der Waals surface area contributed by atoms with Gasteiger partial charge in [0.15, 0.2) is 5.79 Å². The van der Waals surface area contributed by atoms with Gasteiger partial charge in [0.05, 0.1) is 12.2 Å². The van der Waals surface area contributed by atoms with Crippen LogP contribution in [0.2, 0.25) is 0 Å². The lowest BCUT2D eigenvalue weighted by molar-refractivity contribution is -0.192. The summed E-state index contributed by atoms with van der Waals surface area (Å²) >= 11 is 0. The molecule has 1 aliphatic heterocycles. The van der Waals surface area contributed by atoms with Crippen LogP contribution < -0.4 is 0 Å². The Bertz CT molecular complexity index is 682. The third-order valence-electron chi connectivity index (χ3n) is 10.6. The molecule has 0 radical (unpaired) electrons. The molecule has 2 unspecified atom stereocenters. The molecule has 0 aromatic carbocycles. The van der Waals surface area contributed by atoms with Gasteiger partial charge in [0.25, 0.3) is 0 Å². The Kier molecular flexibility index (Phi) is 25.6. The lowest BCUT2D eigenvalue weighted by Gasteiger charge is -2.30. The molecular weight excluding hydrogens is 548 g/mol. The smallest absolute Gasteiger partial charge is 0.169 e. The van der Waals surface area contributed by atoms with Crippen molar-refractivity contribution < 1.29 is 9.47 Å². The summed E-state index contributed by atoms with van der Waals surface area (Å²) in [5.41, 5.74) is 0. The van der Waals surface area contributed by atoms with E-state index in [1.54, 1.807) is 0 Å². The minimum absolute atomic E-state index is 0.263. The van der Waals surface area contributed by atoms with Crippen molar-refractivity contribution in [1.82, 2.24) is 0 Å². The van der Waals surface area contributed by atoms with Gasteiger partial charge in [0.1, 0.15) is 0 Å². The summed E-state index contributed by atoms with van der Waals surface area (Å²) in [6, 6.07) is 0. The molecule has 2 fully saturated rings. The van der Waals surface area contributed by atoms with Crippen molar-refractivity contribution in [3.05, 3.63) is 24.3 Å². The molecule has 2 rings (SSSR count). The summed E-state index contributed by atoms with van der Waals surface area (Å²) in [5, 5.41) is 0. The van der Waals surface area contributed by atoms with Crippen LogP contribution >= 0.6 is 0 Å². The lowest BCUT2D eigenvalue weighted by atomic mass is 9.98. The fourth-order valence-corrected chi connectivity index (χ4v) is 7.71. The van der Waals surface area contributed by atoms with E-state index in [0.717, 1.165) is 25.2 Å². The summed E-state index contributed by atoms with van der Waals surface area (Å²) in [6.07, 6.45) is 53.3. The van der Waals surface area contributed by atoms with Crippen LogP contribution in [0.4, 0.5) is 0 Å². The van der Waals surface area contributed by atoms with Gasteiger partial charge >= 0.3 is 0 Å². The van der Waals surface area contributed by atoms with Crippen LogP contribution in [0, 0.1) is 5.92 Å². The Morgan fingerprint density at radius 2 is 0.778 bits per heavy atom. The molecule has 0 spiro atoms. The number of unbranched alkanes of at least 4 members (excludes halogenated alkanes) is 24. The monoisotopic (exact) mass is 629 g/mol. The molecule has 1 aliphatic carbocycles. The van der Waals surface area contributed by atoms with Gasteiger partial charge in [0, 0.05) is 12.8 Å². The van der Waals surface area contributed by atoms with Crippen LogP contribution in [-0.2, 0) is 9.47 Å². The number of hydrogen-bond acceptors (Lipinski definition) is 2. The van der Waals surface area contributed by atoms with Gasteiger partial charge in [-0.2, -0.15) is 0 Å². The van der Waals surface area contributed by atoms with Crippen molar-refractivity contribution in [2.75, 3.05) is 0 Å². The second-order valence-corrected chi connectivity index (χ2v) is 15.2. The number of allylic oxidation sites excluding steroid dienone is 4. The molecular formula is C43H80O2. The van der Waals surface area contributed by atoms with Gasteiger partial charge in [-0.3, -0.25) is 0 Å². The Morgan fingerprint density at radius 3 is 1.20 bits per heavy atom. The molecule has 264 valence electrons. The number of hydrogen-bond donors (Lipinski definition) is 0. The normalized spacial score (nSPS) is 23.2. The predicted octanol–water partition coefficient (Wildman–Crippen LogP) is 14.8. The van der Waals surface area contributed by atoms with E-state index in [9.17, 15) is 0 Å². The summed E-state index contributed by atoms with van der Waals surface area (Å²) < 4.78 is 13.5. The van der Waals surface area contributed by atoms with Crippen molar-refractivity contribution in [2.45, 2.75) is 244 Å². The van der Waals surface area contributed by atoms with Crippen molar-refractivity contribution in [2.24, 2.45) is 5.92 Å². The number of ether oxygens (including phenoxy) is 2. The van der Waals surface area contributed by atoms with Crippen LogP contribution in [0.5, 0.6) is 0 Å². The topological polar surface area (TPSA) is 18.5 Å². The molecule has 0 amide bonds. The van der Waals surface area contributed by atoms with Crippen LogP contribution in [0.1, 0.15) is 226 Å². The summed E-state index contributed by atoms with van der Waals surface area (Å²) in [5.74, 6) is 0.496. The van der Waals surface area contributed by atoms with E-state index in [2.05, 4.69) is 45.1 Å². The first kappa shape index (κ1) is 40.6. The van der Waals surface area contributed by atoms with Gasteiger partial charge in [-0.05, 0) is 63.7 Å². The molecule has 0 N–H and O–H groups in total. The van der Waals surface area contributed by atoms with E-state index >= 15 is 0 Å². The van der Waals surface area contributed by atoms with E-state index in [1.165, 1.54) is 186 Å². The highest BCUT2D eigenvalue weighted by Gasteiger charge is 2.50. The molecule has 2 heteroatoms. The third-order valence-corrected chi connectivity index (χ3v) is 10.6. The third kappa shape index (κ3) is 21.1. The Labute approximate surface area is 283 Å². The van der Waals surface area contributed by atoms with Crippen LogP contribution in [0.25, 0.3) is 0 Å². The zero-order chi connectivity index (χ0) is 32.1. The lowest BCUT2D eigenvalue weighted by Crippen LogP contribution is -2.32. The average Bonchev–Trinajstić information content (AvgIpc) is 3.54. The fraction of sp³-hybridized carbons (Fsp3) is 0.907. The molecule has 2 aliphatic rings. The van der Waals surface area contributed by atoms with Crippen LogP contribution in [0.3, 0.4) is 0 Å². The SMILES string of the molecule is CCCCC/C=C\C/C=C\CCCCCCCCC1(CCCCCCCCCCCCCCCCCC)O[C@H]2CC(C)C[C@H]2O1. The van der Waals surface area contributed by atoms with E-state index in [-0.39, 0.29) is 5.79 Å². The van der Waals surface area contributed by atoms with Gasteiger partial charge in [-0.25, -0.2) is 0 Å². The highest BCUT2D eigenvalue weighted by Crippen LogP contribution is 2.45. The molecule has 0 aromatic heterocycles. The second kappa shape index (κ2) is 28.4. The van der Waals surface area contributed by atoms with E-state index in [0.29, 0.717) is 12.2 Å². The molecule has 0 aromatic rings. The molecule has 0 bridgehead atoms. The van der Waals surface area contributed by atoms with Crippen LogP contribution in [0.15, 0.2) is 24.3 Å². The van der Waals surface area contributed by atoms with Crippen molar-refractivity contribution >= 4 is 0 Å². The largest absolute Gasteiger partial charge is 0.344 e. The van der Waals surface area contributed by atoms with Gasteiger partial charge in [0.2, 0.25) is 0 Å². The Morgan fingerprint density at radius 1 is 0.444 bits per heavy atom. The molecule has 1 saturated heterocycles. The number of fused-ring (bicyclic) bond motifs is 1. The van der Waals surface area contributed by atoms with E-state index < -0.39 is 0 Å². The first-order valence-electron chi connectivity index (χ1n) is 20.8. The molecule has 1 heterocycles. The van der Waals surface area contributed by atoms with Gasteiger partial charge in [-0.15, -0.1) is 0 Å². The van der Waals surface area contributed by atoms with Crippen molar-refractivity contribution in [3.63, 3.8) is 0 Å².